The molecular weight excluding hydrogens is 242 g/mol. The van der Waals surface area contributed by atoms with E-state index in [0.717, 1.165) is 25.3 Å². The lowest BCUT2D eigenvalue weighted by Crippen LogP contribution is -2.34. The molecule has 0 bridgehead atoms. The van der Waals surface area contributed by atoms with Gasteiger partial charge >= 0.3 is 0 Å². The van der Waals surface area contributed by atoms with E-state index >= 15 is 0 Å². The molecule has 0 aromatic carbocycles. The van der Waals surface area contributed by atoms with E-state index in [2.05, 4.69) is 51.2 Å². The number of hydrogen-bond donors (Lipinski definition) is 1. The van der Waals surface area contributed by atoms with Gasteiger partial charge in [-0.15, -0.1) is 0 Å². The van der Waals surface area contributed by atoms with Gasteiger partial charge < -0.3 is 5.32 Å². The summed E-state index contributed by atoms with van der Waals surface area (Å²) >= 11 is 2.02. The molecule has 0 saturated heterocycles. The molecule has 1 aromatic rings. The quantitative estimate of drug-likeness (QED) is 0.825. The predicted molar refractivity (Wildman–Crippen MR) is 81.3 cm³/mol. The maximum atomic E-state index is 4.34. The topological polar surface area (TPSA) is 29.9 Å². The van der Waals surface area contributed by atoms with Gasteiger partial charge in [0.2, 0.25) is 0 Å². The molecule has 0 aliphatic heterocycles. The lowest BCUT2D eigenvalue weighted by Gasteiger charge is -2.23. The SMILES string of the molecule is CCNC(CSC(C)(C)C)Cc1cnn(CC)c1. The summed E-state index contributed by atoms with van der Waals surface area (Å²) in [6.07, 6.45) is 5.22. The molecule has 18 heavy (non-hydrogen) atoms. The van der Waals surface area contributed by atoms with E-state index in [1.165, 1.54) is 5.56 Å². The Hall–Kier alpha value is -0.480. The lowest BCUT2D eigenvalue weighted by atomic mass is 10.1. The number of thioether (sulfide) groups is 1. The van der Waals surface area contributed by atoms with Gasteiger partial charge in [0.15, 0.2) is 0 Å². The van der Waals surface area contributed by atoms with Gasteiger partial charge in [-0.3, -0.25) is 4.68 Å². The summed E-state index contributed by atoms with van der Waals surface area (Å²) in [4.78, 5) is 0. The number of nitrogens with one attached hydrogen (secondary N) is 1. The molecule has 1 unspecified atom stereocenters. The van der Waals surface area contributed by atoms with Gasteiger partial charge in [-0.25, -0.2) is 0 Å². The first-order valence-electron chi connectivity index (χ1n) is 6.83. The van der Waals surface area contributed by atoms with Crippen molar-refractivity contribution in [3.63, 3.8) is 0 Å². The van der Waals surface area contributed by atoms with Gasteiger partial charge in [0.1, 0.15) is 0 Å². The number of aryl methyl sites for hydroxylation is 1. The Kier molecular flexibility index (Phi) is 6.22. The van der Waals surface area contributed by atoms with Gasteiger partial charge in [0.25, 0.3) is 0 Å². The summed E-state index contributed by atoms with van der Waals surface area (Å²) in [6.45, 7) is 13.1. The fourth-order valence-electron chi connectivity index (χ4n) is 1.80. The van der Waals surface area contributed by atoms with Gasteiger partial charge in [-0.2, -0.15) is 16.9 Å². The predicted octanol–water partition coefficient (Wildman–Crippen LogP) is 2.96. The zero-order chi connectivity index (χ0) is 13.6. The molecule has 1 N–H and O–H groups in total. The van der Waals surface area contributed by atoms with E-state index in [0.29, 0.717) is 10.8 Å². The van der Waals surface area contributed by atoms with Crippen LogP contribution in [0.25, 0.3) is 0 Å². The van der Waals surface area contributed by atoms with Crippen LogP contribution in [0.1, 0.15) is 40.2 Å². The molecule has 0 aliphatic carbocycles. The van der Waals surface area contributed by atoms with E-state index in [9.17, 15) is 0 Å². The van der Waals surface area contributed by atoms with Crippen molar-refractivity contribution in [2.75, 3.05) is 12.3 Å². The number of rotatable bonds is 7. The van der Waals surface area contributed by atoms with Crippen molar-refractivity contribution in [1.29, 1.82) is 0 Å². The molecule has 4 heteroatoms. The fraction of sp³-hybridized carbons (Fsp3) is 0.786. The zero-order valence-electron chi connectivity index (χ0n) is 12.4. The highest BCUT2D eigenvalue weighted by molar-refractivity contribution is 8.00. The molecule has 1 atom stereocenters. The minimum absolute atomic E-state index is 0.335. The van der Waals surface area contributed by atoms with Gasteiger partial charge in [-0.1, -0.05) is 27.7 Å². The van der Waals surface area contributed by atoms with Crippen molar-refractivity contribution < 1.29 is 0 Å². The molecule has 0 saturated carbocycles. The van der Waals surface area contributed by atoms with E-state index in [1.807, 2.05) is 22.6 Å². The Balaban J connectivity index is 2.51. The first kappa shape index (κ1) is 15.6. The number of nitrogens with zero attached hydrogens (tertiary/aromatic N) is 2. The molecular formula is C14H27N3S. The minimum Gasteiger partial charge on any atom is -0.313 e. The summed E-state index contributed by atoms with van der Waals surface area (Å²) < 4.78 is 2.33. The molecule has 1 heterocycles. The van der Waals surface area contributed by atoms with Crippen molar-refractivity contribution in [1.82, 2.24) is 15.1 Å². The van der Waals surface area contributed by atoms with Crippen molar-refractivity contribution in [2.24, 2.45) is 0 Å². The first-order valence-corrected chi connectivity index (χ1v) is 7.81. The summed E-state index contributed by atoms with van der Waals surface area (Å²) in [5.74, 6) is 1.15. The standard InChI is InChI=1S/C14H27N3S/c1-6-15-13(11-18-14(3,4)5)8-12-9-16-17(7-2)10-12/h9-10,13,15H,6-8,11H2,1-5H3. The van der Waals surface area contributed by atoms with Crippen LogP contribution in [0.2, 0.25) is 0 Å². The molecule has 1 rings (SSSR count). The molecule has 0 fully saturated rings. The van der Waals surface area contributed by atoms with Crippen LogP contribution in [-0.4, -0.2) is 32.9 Å². The van der Waals surface area contributed by atoms with E-state index < -0.39 is 0 Å². The Morgan fingerprint density at radius 1 is 1.39 bits per heavy atom. The van der Waals surface area contributed by atoms with Crippen LogP contribution in [0.4, 0.5) is 0 Å². The molecule has 3 nitrogen and oxygen atoms in total. The molecule has 104 valence electrons. The van der Waals surface area contributed by atoms with Crippen LogP contribution < -0.4 is 5.32 Å². The maximum Gasteiger partial charge on any atom is 0.0522 e. The Labute approximate surface area is 116 Å². The highest BCUT2D eigenvalue weighted by Crippen LogP contribution is 2.24. The molecule has 0 spiro atoms. The summed E-state index contributed by atoms with van der Waals surface area (Å²) in [6, 6.07) is 0.536. The van der Waals surface area contributed by atoms with Crippen LogP contribution in [0.15, 0.2) is 12.4 Å². The smallest absolute Gasteiger partial charge is 0.0522 e. The Morgan fingerprint density at radius 3 is 2.61 bits per heavy atom. The average molecular weight is 269 g/mol. The van der Waals surface area contributed by atoms with Crippen LogP contribution in [0.3, 0.4) is 0 Å². The summed E-state index contributed by atoms with van der Waals surface area (Å²) in [5, 5.41) is 7.91. The summed E-state index contributed by atoms with van der Waals surface area (Å²) in [5.41, 5.74) is 1.33. The Bertz CT molecular complexity index is 341. The second-order valence-corrected chi connectivity index (χ2v) is 7.43. The minimum atomic E-state index is 0.335. The number of likely N-dealkylation sites (N-methyl/N-ethyl adjacent to an activating group) is 1. The van der Waals surface area contributed by atoms with E-state index in [4.69, 9.17) is 0 Å². The second-order valence-electron chi connectivity index (χ2n) is 5.59. The Morgan fingerprint density at radius 2 is 2.11 bits per heavy atom. The maximum absolute atomic E-state index is 4.34. The van der Waals surface area contributed by atoms with Crippen molar-refractivity contribution in [3.8, 4) is 0 Å². The van der Waals surface area contributed by atoms with E-state index in [-0.39, 0.29) is 0 Å². The highest BCUT2D eigenvalue weighted by Gasteiger charge is 2.16. The highest BCUT2D eigenvalue weighted by atomic mass is 32.2. The number of aromatic nitrogens is 2. The van der Waals surface area contributed by atoms with Crippen LogP contribution >= 0.6 is 11.8 Å². The van der Waals surface area contributed by atoms with Crippen LogP contribution in [-0.2, 0) is 13.0 Å². The second kappa shape index (κ2) is 7.19. The molecule has 0 aliphatic rings. The normalized spacial score (nSPS) is 13.8. The molecule has 0 amide bonds. The van der Waals surface area contributed by atoms with Crippen LogP contribution in [0.5, 0.6) is 0 Å². The van der Waals surface area contributed by atoms with E-state index in [1.54, 1.807) is 0 Å². The monoisotopic (exact) mass is 269 g/mol. The van der Waals surface area contributed by atoms with Gasteiger partial charge in [0.05, 0.1) is 6.20 Å². The summed E-state index contributed by atoms with van der Waals surface area (Å²) in [7, 11) is 0. The third-order valence-electron chi connectivity index (χ3n) is 2.70. The average Bonchev–Trinajstić information content (AvgIpc) is 2.73. The van der Waals surface area contributed by atoms with Crippen molar-refractivity contribution in [2.45, 2.75) is 58.4 Å². The van der Waals surface area contributed by atoms with Crippen molar-refractivity contribution in [3.05, 3.63) is 18.0 Å². The number of hydrogen-bond acceptors (Lipinski definition) is 3. The fourth-order valence-corrected chi connectivity index (χ4v) is 2.74. The third-order valence-corrected chi connectivity index (χ3v) is 4.14. The zero-order valence-corrected chi connectivity index (χ0v) is 13.2. The first-order chi connectivity index (χ1) is 8.44. The van der Waals surface area contributed by atoms with Gasteiger partial charge in [0, 0.05) is 29.3 Å². The van der Waals surface area contributed by atoms with Crippen LogP contribution in [0, 0.1) is 0 Å². The third kappa shape index (κ3) is 5.91. The lowest BCUT2D eigenvalue weighted by molar-refractivity contribution is 0.569. The van der Waals surface area contributed by atoms with Gasteiger partial charge in [-0.05, 0) is 25.5 Å². The molecule has 0 radical (unpaired) electrons. The largest absolute Gasteiger partial charge is 0.313 e. The van der Waals surface area contributed by atoms with Crippen molar-refractivity contribution >= 4 is 11.8 Å². The molecule has 1 aromatic heterocycles.